The Hall–Kier alpha value is -0.880. The summed E-state index contributed by atoms with van der Waals surface area (Å²) in [6, 6.07) is 1.68. The molecule has 1 heterocycles. The zero-order valence-corrected chi connectivity index (χ0v) is 9.71. The van der Waals surface area contributed by atoms with Gasteiger partial charge in [-0.15, -0.1) is 0 Å². The lowest BCUT2D eigenvalue weighted by atomic mass is 10.3. The van der Waals surface area contributed by atoms with Crippen LogP contribution in [0.5, 0.6) is 0 Å². The van der Waals surface area contributed by atoms with E-state index in [0.717, 1.165) is 18.5 Å². The van der Waals surface area contributed by atoms with Gasteiger partial charge in [-0.1, -0.05) is 6.92 Å². The molecule has 0 atom stereocenters. The molecule has 0 radical (unpaired) electrons. The van der Waals surface area contributed by atoms with Crippen molar-refractivity contribution < 1.29 is 8.42 Å². The van der Waals surface area contributed by atoms with Crippen LogP contribution < -0.4 is 4.72 Å². The minimum Gasteiger partial charge on any atom is -0.256 e. The summed E-state index contributed by atoms with van der Waals surface area (Å²) in [6.45, 7) is 2.15. The first kappa shape index (κ1) is 10.6. The second kappa shape index (κ2) is 3.61. The van der Waals surface area contributed by atoms with Gasteiger partial charge in [-0.05, 0) is 12.8 Å². The Kier molecular flexibility index (Phi) is 2.56. The van der Waals surface area contributed by atoms with Crippen LogP contribution in [0.2, 0.25) is 0 Å². The van der Waals surface area contributed by atoms with Gasteiger partial charge in [-0.3, -0.25) is 4.68 Å². The molecule has 1 N–H and O–H groups in total. The van der Waals surface area contributed by atoms with Crippen LogP contribution in [0.3, 0.4) is 0 Å². The maximum absolute atomic E-state index is 11.7. The molecule has 84 valence electrons. The highest BCUT2D eigenvalue weighted by Gasteiger charge is 2.29. The topological polar surface area (TPSA) is 64.0 Å². The molecule has 0 bridgehead atoms. The molecule has 0 unspecified atom stereocenters. The highest BCUT2D eigenvalue weighted by atomic mass is 32.2. The highest BCUT2D eigenvalue weighted by Crippen LogP contribution is 2.39. The summed E-state index contributed by atoms with van der Waals surface area (Å²) in [7, 11) is -1.71. The third-order valence-electron chi connectivity index (χ3n) is 2.46. The van der Waals surface area contributed by atoms with E-state index in [2.05, 4.69) is 9.82 Å². The fourth-order valence-electron chi connectivity index (χ4n) is 1.57. The average Bonchev–Trinajstić information content (AvgIpc) is 2.90. The molecule has 0 saturated heterocycles. The lowest BCUT2D eigenvalue weighted by Crippen LogP contribution is -2.25. The normalized spacial score (nSPS) is 16.9. The van der Waals surface area contributed by atoms with Crippen LogP contribution in [0.15, 0.2) is 11.1 Å². The Morgan fingerprint density at radius 3 is 2.80 bits per heavy atom. The van der Waals surface area contributed by atoms with Crippen LogP contribution in [0.4, 0.5) is 0 Å². The van der Waals surface area contributed by atoms with E-state index in [0.29, 0.717) is 12.5 Å². The van der Waals surface area contributed by atoms with Crippen LogP contribution >= 0.6 is 0 Å². The van der Waals surface area contributed by atoms with Crippen LogP contribution in [0.25, 0.3) is 0 Å². The summed E-state index contributed by atoms with van der Waals surface area (Å²) in [6.07, 6.45) is 2.25. The molecule has 6 heteroatoms. The first-order chi connectivity index (χ1) is 7.04. The Morgan fingerprint density at radius 1 is 1.60 bits per heavy atom. The molecule has 1 aliphatic rings. The minimum absolute atomic E-state index is 0.256. The number of hydrogen-bond acceptors (Lipinski definition) is 3. The lowest BCUT2D eigenvalue weighted by molar-refractivity contribution is 0.564. The van der Waals surface area contributed by atoms with E-state index in [1.807, 2.05) is 0 Å². The predicted octanol–water partition coefficient (Wildman–Crippen LogP) is 0.596. The first-order valence-corrected chi connectivity index (χ1v) is 6.56. The number of rotatable bonds is 4. The Balaban J connectivity index is 2.35. The van der Waals surface area contributed by atoms with Gasteiger partial charge in [0.2, 0.25) is 0 Å². The monoisotopic (exact) mass is 229 g/mol. The maximum atomic E-state index is 11.7. The minimum atomic E-state index is -3.38. The lowest BCUT2D eigenvalue weighted by Gasteiger charge is -2.03. The maximum Gasteiger partial charge on any atom is 0.257 e. The zero-order valence-electron chi connectivity index (χ0n) is 8.90. The van der Waals surface area contributed by atoms with Crippen LogP contribution in [0.1, 0.15) is 31.4 Å². The summed E-state index contributed by atoms with van der Waals surface area (Å²) in [4.78, 5) is 0. The van der Waals surface area contributed by atoms with Gasteiger partial charge in [-0.2, -0.15) is 5.10 Å². The molecule has 0 aliphatic heterocycles. The van der Waals surface area contributed by atoms with Crippen molar-refractivity contribution in [3.8, 4) is 0 Å². The van der Waals surface area contributed by atoms with Gasteiger partial charge in [0.15, 0.2) is 5.03 Å². The highest BCUT2D eigenvalue weighted by molar-refractivity contribution is 7.89. The van der Waals surface area contributed by atoms with Crippen molar-refractivity contribution in [2.24, 2.45) is 7.05 Å². The summed E-state index contributed by atoms with van der Waals surface area (Å²) in [5.41, 5.74) is 0.897. The third kappa shape index (κ3) is 2.05. The number of aryl methyl sites for hydroxylation is 1. The van der Waals surface area contributed by atoms with Gasteiger partial charge in [0, 0.05) is 25.6 Å². The largest absolute Gasteiger partial charge is 0.257 e. The van der Waals surface area contributed by atoms with Crippen molar-refractivity contribution in [3.05, 3.63) is 11.8 Å². The van der Waals surface area contributed by atoms with E-state index in [1.165, 1.54) is 4.68 Å². The molecule has 1 fully saturated rings. The molecule has 1 saturated carbocycles. The van der Waals surface area contributed by atoms with Crippen molar-refractivity contribution in [3.63, 3.8) is 0 Å². The summed E-state index contributed by atoms with van der Waals surface area (Å²) < 4.78 is 27.4. The van der Waals surface area contributed by atoms with Crippen LogP contribution in [-0.2, 0) is 17.1 Å². The molecule has 0 amide bonds. The number of hydrogen-bond donors (Lipinski definition) is 1. The smallest absolute Gasteiger partial charge is 0.256 e. The van der Waals surface area contributed by atoms with E-state index in [1.54, 1.807) is 20.0 Å². The van der Waals surface area contributed by atoms with E-state index in [4.69, 9.17) is 0 Å². The van der Waals surface area contributed by atoms with Crippen molar-refractivity contribution in [2.45, 2.75) is 30.7 Å². The second-order valence-corrected chi connectivity index (χ2v) is 5.52. The summed E-state index contributed by atoms with van der Waals surface area (Å²) in [5.74, 6) is 0.474. The molecular weight excluding hydrogens is 214 g/mol. The second-order valence-electron chi connectivity index (χ2n) is 3.81. The van der Waals surface area contributed by atoms with Crippen molar-refractivity contribution in [1.82, 2.24) is 14.5 Å². The molecule has 1 aliphatic carbocycles. The van der Waals surface area contributed by atoms with Gasteiger partial charge in [0.25, 0.3) is 10.0 Å². The van der Waals surface area contributed by atoms with Gasteiger partial charge in [0.1, 0.15) is 0 Å². The SMILES string of the molecule is CCNS(=O)(=O)c1cc(C2CC2)nn1C. The molecule has 0 spiro atoms. The fraction of sp³-hybridized carbons (Fsp3) is 0.667. The Morgan fingerprint density at radius 2 is 2.27 bits per heavy atom. The van der Waals surface area contributed by atoms with Crippen LogP contribution in [-0.4, -0.2) is 24.7 Å². The molecular formula is C9H15N3O2S. The van der Waals surface area contributed by atoms with Crippen molar-refractivity contribution in [1.29, 1.82) is 0 Å². The third-order valence-corrected chi connectivity index (χ3v) is 4.06. The first-order valence-electron chi connectivity index (χ1n) is 5.08. The van der Waals surface area contributed by atoms with Crippen LogP contribution in [0, 0.1) is 0 Å². The molecule has 15 heavy (non-hydrogen) atoms. The summed E-state index contributed by atoms with van der Waals surface area (Å²) in [5, 5.41) is 4.47. The summed E-state index contributed by atoms with van der Waals surface area (Å²) >= 11 is 0. The standard InChI is InChI=1S/C9H15N3O2S/c1-3-10-15(13,14)9-6-8(7-4-5-7)11-12(9)2/h6-7,10H,3-5H2,1-2H3. The Labute approximate surface area is 89.5 Å². The van der Waals surface area contributed by atoms with Gasteiger partial charge in [-0.25, -0.2) is 13.1 Å². The predicted molar refractivity (Wildman–Crippen MR) is 56.0 cm³/mol. The quantitative estimate of drug-likeness (QED) is 0.822. The van der Waals surface area contributed by atoms with Crippen molar-refractivity contribution in [2.75, 3.05) is 6.54 Å². The van der Waals surface area contributed by atoms with E-state index in [-0.39, 0.29) is 5.03 Å². The van der Waals surface area contributed by atoms with Crippen molar-refractivity contribution >= 4 is 10.0 Å². The van der Waals surface area contributed by atoms with Gasteiger partial charge < -0.3 is 0 Å². The molecule has 5 nitrogen and oxygen atoms in total. The molecule has 0 aromatic carbocycles. The van der Waals surface area contributed by atoms with E-state index in [9.17, 15) is 8.42 Å². The number of aromatic nitrogens is 2. The molecule has 1 aromatic rings. The van der Waals surface area contributed by atoms with E-state index >= 15 is 0 Å². The number of nitrogens with zero attached hydrogens (tertiary/aromatic N) is 2. The number of sulfonamides is 1. The zero-order chi connectivity index (χ0) is 11.1. The molecule has 1 aromatic heterocycles. The molecule has 2 rings (SSSR count). The number of nitrogens with one attached hydrogen (secondary N) is 1. The fourth-order valence-corrected chi connectivity index (χ4v) is 2.76. The van der Waals surface area contributed by atoms with Gasteiger partial charge in [0.05, 0.1) is 5.69 Å². The van der Waals surface area contributed by atoms with Gasteiger partial charge >= 0.3 is 0 Å². The Bertz CT molecular complexity index is 460. The average molecular weight is 229 g/mol. The van der Waals surface area contributed by atoms with E-state index < -0.39 is 10.0 Å².